The molecule has 4 rings (SSSR count). The van der Waals surface area contributed by atoms with Crippen LogP contribution in [0.5, 0.6) is 0 Å². The molecule has 1 saturated heterocycles. The van der Waals surface area contributed by atoms with Gasteiger partial charge in [-0.05, 0) is 67.9 Å². The number of hydrogen-bond acceptors (Lipinski definition) is 5. The van der Waals surface area contributed by atoms with Crippen molar-refractivity contribution in [2.45, 2.75) is 52.4 Å². The third kappa shape index (κ3) is 3.90. The fourth-order valence-corrected chi connectivity index (χ4v) is 5.16. The number of nitrogens with zero attached hydrogens (tertiary/aromatic N) is 3. The summed E-state index contributed by atoms with van der Waals surface area (Å²) in [6.45, 7) is 6.72. The van der Waals surface area contributed by atoms with Gasteiger partial charge in [0.25, 0.3) is 5.91 Å². The summed E-state index contributed by atoms with van der Waals surface area (Å²) in [6, 6.07) is 3.91. The summed E-state index contributed by atoms with van der Waals surface area (Å²) >= 11 is 0. The summed E-state index contributed by atoms with van der Waals surface area (Å²) in [5, 5.41) is 9.84. The number of amides is 1. The molecular weight excluding hydrogens is 392 g/mol. The van der Waals surface area contributed by atoms with Crippen LogP contribution in [0, 0.1) is 31.1 Å². The lowest BCUT2D eigenvalue weighted by Crippen LogP contribution is -2.48. The number of likely N-dealkylation sites (tertiary alicyclic amines) is 1. The molecule has 0 unspecified atom stereocenters. The number of carbonyl (C=O) groups is 3. The number of nitrogens with one attached hydrogen (secondary N) is 1. The van der Waals surface area contributed by atoms with Crippen molar-refractivity contribution < 1.29 is 14.4 Å². The van der Waals surface area contributed by atoms with E-state index in [0.29, 0.717) is 44.5 Å². The van der Waals surface area contributed by atoms with Gasteiger partial charge >= 0.3 is 0 Å². The first-order valence-electron chi connectivity index (χ1n) is 10.6. The van der Waals surface area contributed by atoms with Crippen molar-refractivity contribution in [1.29, 1.82) is 0 Å². The molecule has 7 heteroatoms. The lowest BCUT2D eigenvalue weighted by atomic mass is 9.62. The van der Waals surface area contributed by atoms with Gasteiger partial charge in [-0.25, -0.2) is 0 Å². The van der Waals surface area contributed by atoms with Crippen LogP contribution in [0.4, 0.5) is 0 Å². The number of aryl methyl sites for hydroxylation is 2. The zero-order chi connectivity index (χ0) is 22.2. The summed E-state index contributed by atoms with van der Waals surface area (Å²) in [6.07, 6.45) is 3.47. The molecule has 2 aromatic rings. The molecule has 0 bridgehead atoms. The average Bonchev–Trinajstić information content (AvgIpc) is 3.25. The Morgan fingerprint density at radius 1 is 1.13 bits per heavy atom. The van der Waals surface area contributed by atoms with Gasteiger partial charge in [-0.2, -0.15) is 0 Å². The highest BCUT2D eigenvalue weighted by molar-refractivity contribution is 6.10. The number of piperidine rings is 1. The monoisotopic (exact) mass is 418 g/mol. The van der Waals surface area contributed by atoms with E-state index in [9.17, 15) is 14.4 Å². The van der Waals surface area contributed by atoms with E-state index in [4.69, 9.17) is 0 Å². The number of hydrogen-bond donors (Lipinski definition) is 1. The molecule has 160 valence electrons. The second-order valence-electron chi connectivity index (χ2n) is 8.78. The Balaban J connectivity index is 1.50. The van der Waals surface area contributed by atoms with Crippen LogP contribution in [0.15, 0.2) is 18.3 Å². The SMILES string of the molecule is CC#Cc1cc(C)c(C2C(=O)CC3(CCN(C(=O)c4cnn[nH]4)CC3)CC2=O)c(C)c1. The first-order chi connectivity index (χ1) is 14.8. The number of aromatic amines is 1. The normalized spacial score (nSPS) is 18.7. The minimum atomic E-state index is -0.690. The van der Waals surface area contributed by atoms with Crippen LogP contribution >= 0.6 is 0 Å². The van der Waals surface area contributed by atoms with Crippen molar-refractivity contribution in [2.24, 2.45) is 5.41 Å². The number of Topliss-reactive ketones (excluding diaryl/α,β-unsaturated/α-hetero) is 2. The predicted octanol–water partition coefficient (Wildman–Crippen LogP) is 2.73. The second-order valence-corrected chi connectivity index (χ2v) is 8.78. The lowest BCUT2D eigenvalue weighted by Gasteiger charge is -2.44. The summed E-state index contributed by atoms with van der Waals surface area (Å²) in [4.78, 5) is 40.7. The van der Waals surface area contributed by atoms with E-state index >= 15 is 0 Å². The van der Waals surface area contributed by atoms with Gasteiger partial charge in [-0.1, -0.05) is 11.1 Å². The van der Waals surface area contributed by atoms with Crippen LogP contribution in [0.1, 0.15) is 71.3 Å². The molecule has 1 amide bonds. The van der Waals surface area contributed by atoms with Crippen molar-refractivity contribution in [2.75, 3.05) is 13.1 Å². The second kappa shape index (κ2) is 8.10. The molecule has 1 aromatic carbocycles. The minimum absolute atomic E-state index is 0.00526. The first-order valence-corrected chi connectivity index (χ1v) is 10.6. The Hall–Kier alpha value is -3.27. The van der Waals surface area contributed by atoms with Crippen LogP contribution < -0.4 is 0 Å². The number of rotatable bonds is 2. The summed E-state index contributed by atoms with van der Waals surface area (Å²) in [7, 11) is 0. The van der Waals surface area contributed by atoms with Gasteiger partial charge in [-0.3, -0.25) is 19.5 Å². The molecule has 2 aliphatic rings. The van der Waals surface area contributed by atoms with Gasteiger partial charge in [0.15, 0.2) is 0 Å². The molecule has 1 aliphatic carbocycles. The van der Waals surface area contributed by atoms with Crippen LogP contribution in [-0.4, -0.2) is 50.9 Å². The number of H-pyrrole nitrogens is 1. The molecule has 7 nitrogen and oxygen atoms in total. The largest absolute Gasteiger partial charge is 0.337 e. The Morgan fingerprint density at radius 2 is 1.74 bits per heavy atom. The zero-order valence-electron chi connectivity index (χ0n) is 18.1. The Bertz CT molecular complexity index is 1060. The summed E-state index contributed by atoms with van der Waals surface area (Å²) < 4.78 is 0. The fourth-order valence-electron chi connectivity index (χ4n) is 5.16. The van der Waals surface area contributed by atoms with E-state index < -0.39 is 5.92 Å². The molecule has 2 heterocycles. The third-order valence-corrected chi connectivity index (χ3v) is 6.65. The quantitative estimate of drug-likeness (QED) is 0.598. The molecular formula is C24H26N4O3. The van der Waals surface area contributed by atoms with Gasteiger partial charge < -0.3 is 4.90 Å². The van der Waals surface area contributed by atoms with Crippen LogP contribution in [-0.2, 0) is 9.59 Å². The van der Waals surface area contributed by atoms with Crippen molar-refractivity contribution in [1.82, 2.24) is 20.3 Å². The van der Waals surface area contributed by atoms with Crippen molar-refractivity contribution in [3.63, 3.8) is 0 Å². The molecule has 1 spiro atoms. The maximum Gasteiger partial charge on any atom is 0.273 e. The van der Waals surface area contributed by atoms with E-state index in [1.54, 1.807) is 11.8 Å². The number of carbonyl (C=O) groups excluding carboxylic acids is 3. The van der Waals surface area contributed by atoms with Gasteiger partial charge in [0.05, 0.1) is 6.20 Å². The van der Waals surface area contributed by atoms with E-state index in [1.807, 2.05) is 26.0 Å². The predicted molar refractivity (Wildman–Crippen MR) is 114 cm³/mol. The van der Waals surface area contributed by atoms with E-state index in [2.05, 4.69) is 27.3 Å². The molecule has 2 fully saturated rings. The van der Waals surface area contributed by atoms with E-state index in [0.717, 1.165) is 22.3 Å². The number of aromatic nitrogens is 3. The standard InChI is InChI=1S/C24H26N4O3/c1-4-5-17-10-15(2)21(16(3)11-17)22-19(29)12-24(13-20(22)30)6-8-28(9-7-24)23(31)18-14-25-27-26-18/h10-11,14,22H,6-9,12-13H2,1-3H3,(H,25,26,27). The molecule has 1 aromatic heterocycles. The van der Waals surface area contributed by atoms with E-state index in [1.165, 1.54) is 6.20 Å². The topological polar surface area (TPSA) is 96.0 Å². The summed E-state index contributed by atoms with van der Waals surface area (Å²) in [5.74, 6) is 5.10. The minimum Gasteiger partial charge on any atom is -0.337 e. The van der Waals surface area contributed by atoms with Crippen LogP contribution in [0.2, 0.25) is 0 Å². The first kappa shape index (κ1) is 21.0. The van der Waals surface area contributed by atoms with Crippen LogP contribution in [0.25, 0.3) is 0 Å². The van der Waals surface area contributed by atoms with Gasteiger partial charge in [0.2, 0.25) is 0 Å². The molecule has 1 aliphatic heterocycles. The fraction of sp³-hybridized carbons (Fsp3) is 0.458. The smallest absolute Gasteiger partial charge is 0.273 e. The number of ketones is 2. The molecule has 1 saturated carbocycles. The van der Waals surface area contributed by atoms with Crippen LogP contribution in [0.3, 0.4) is 0 Å². The van der Waals surface area contributed by atoms with Gasteiger partial charge in [0, 0.05) is 31.5 Å². The molecule has 0 atom stereocenters. The third-order valence-electron chi connectivity index (χ3n) is 6.65. The Morgan fingerprint density at radius 3 is 2.26 bits per heavy atom. The zero-order valence-corrected chi connectivity index (χ0v) is 18.1. The Kier molecular flexibility index (Phi) is 5.48. The molecule has 1 N–H and O–H groups in total. The van der Waals surface area contributed by atoms with Crippen molar-refractivity contribution >= 4 is 17.5 Å². The maximum atomic E-state index is 13.2. The highest BCUT2D eigenvalue weighted by atomic mass is 16.2. The number of benzene rings is 1. The lowest BCUT2D eigenvalue weighted by molar-refractivity contribution is -0.138. The summed E-state index contributed by atoms with van der Waals surface area (Å²) in [5.41, 5.74) is 3.63. The van der Waals surface area contributed by atoms with Gasteiger partial charge in [0.1, 0.15) is 23.2 Å². The van der Waals surface area contributed by atoms with Crippen molar-refractivity contribution in [3.8, 4) is 11.8 Å². The molecule has 0 radical (unpaired) electrons. The average molecular weight is 418 g/mol. The van der Waals surface area contributed by atoms with Crippen molar-refractivity contribution in [3.05, 3.63) is 46.3 Å². The van der Waals surface area contributed by atoms with E-state index in [-0.39, 0.29) is 22.9 Å². The Labute approximate surface area is 181 Å². The maximum absolute atomic E-state index is 13.2. The molecule has 31 heavy (non-hydrogen) atoms. The highest BCUT2D eigenvalue weighted by Gasteiger charge is 2.47. The highest BCUT2D eigenvalue weighted by Crippen LogP contribution is 2.46. The van der Waals surface area contributed by atoms with Gasteiger partial charge in [-0.15, -0.1) is 11.0 Å².